The number of amides is 1. The van der Waals surface area contributed by atoms with Crippen molar-refractivity contribution in [1.82, 2.24) is 5.32 Å². The second kappa shape index (κ2) is 42.3. The van der Waals surface area contributed by atoms with Gasteiger partial charge in [-0.2, -0.15) is 0 Å². The highest BCUT2D eigenvalue weighted by atomic mass is 31.2. The minimum atomic E-state index is -4.45. The summed E-state index contributed by atoms with van der Waals surface area (Å²) in [5.74, 6) is -0.623. The number of phosphoric acid groups is 1. The van der Waals surface area contributed by atoms with Crippen molar-refractivity contribution in [3.63, 3.8) is 0 Å². The van der Waals surface area contributed by atoms with E-state index >= 15 is 0 Å². The molecule has 2 atom stereocenters. The second-order valence-corrected chi connectivity index (χ2v) is 15.0. The first-order chi connectivity index (χ1) is 27.8. The largest absolute Gasteiger partial charge is 0.472 e. The van der Waals surface area contributed by atoms with Crippen LogP contribution in [0.5, 0.6) is 0 Å². The van der Waals surface area contributed by atoms with Crippen LogP contribution in [0.3, 0.4) is 0 Å². The zero-order chi connectivity index (χ0) is 41.8. The summed E-state index contributed by atoms with van der Waals surface area (Å²) in [7, 11) is -4.45. The van der Waals surface area contributed by atoms with Crippen LogP contribution in [0.4, 0.5) is 0 Å². The number of rotatable bonds is 38. The third-order valence-corrected chi connectivity index (χ3v) is 9.20. The number of esters is 1. The molecule has 0 saturated carbocycles. The third-order valence-electron chi connectivity index (χ3n) is 8.21. The molecule has 0 aromatic carbocycles. The van der Waals surface area contributed by atoms with Gasteiger partial charge in [0.1, 0.15) is 12.7 Å². The van der Waals surface area contributed by atoms with Crippen LogP contribution >= 0.6 is 7.82 Å². The molecule has 0 heterocycles. The summed E-state index contributed by atoms with van der Waals surface area (Å²) in [6.07, 6.45) is 56.0. The van der Waals surface area contributed by atoms with E-state index < -0.39 is 26.5 Å². The number of carbonyl (C=O) groups is 2. The van der Waals surface area contributed by atoms with Crippen molar-refractivity contribution in [1.29, 1.82) is 0 Å². The van der Waals surface area contributed by atoms with Gasteiger partial charge in [-0.25, -0.2) is 4.57 Å². The monoisotopic (exact) mass is 814 g/mol. The van der Waals surface area contributed by atoms with E-state index in [9.17, 15) is 24.2 Å². The molecule has 322 valence electrons. The molecule has 0 aromatic heterocycles. The Morgan fingerprint density at radius 3 is 1.46 bits per heavy atom. The molecule has 0 aromatic rings. The van der Waals surface area contributed by atoms with Gasteiger partial charge in [-0.15, -0.1) is 0 Å². The van der Waals surface area contributed by atoms with E-state index in [0.29, 0.717) is 12.8 Å². The Kier molecular flexibility index (Phi) is 39.8. The zero-order valence-corrected chi connectivity index (χ0v) is 36.1. The van der Waals surface area contributed by atoms with Crippen molar-refractivity contribution in [2.24, 2.45) is 0 Å². The molecular formula is C47H76NO8P. The molecule has 0 aliphatic carbocycles. The predicted octanol–water partition coefficient (Wildman–Crippen LogP) is 12.0. The van der Waals surface area contributed by atoms with E-state index in [-0.39, 0.29) is 38.5 Å². The fourth-order valence-corrected chi connectivity index (χ4v) is 5.82. The molecule has 0 aliphatic heterocycles. The number of nitrogens with one attached hydrogen (secondary N) is 1. The summed E-state index contributed by atoms with van der Waals surface area (Å²) in [6.45, 7) is 3.19. The maximum atomic E-state index is 12.1. The van der Waals surface area contributed by atoms with Crippen LogP contribution in [-0.2, 0) is 27.9 Å². The van der Waals surface area contributed by atoms with Gasteiger partial charge in [0.15, 0.2) is 0 Å². The van der Waals surface area contributed by atoms with Gasteiger partial charge >= 0.3 is 13.8 Å². The quantitative estimate of drug-likeness (QED) is 0.0243. The Labute approximate surface area is 346 Å². The normalized spacial score (nSPS) is 14.4. The minimum absolute atomic E-state index is 0.0321. The van der Waals surface area contributed by atoms with Crippen LogP contribution in [0.25, 0.3) is 0 Å². The summed E-state index contributed by atoms with van der Waals surface area (Å²) >= 11 is 0. The standard InChI is InChI=1S/C47H76NO8P/c1-3-5-7-9-11-13-15-17-19-21-22-24-25-27-29-31-33-35-37-39-46(50)48-41-42-55-57(52,53)56-44-45(49)43-54-47(51)40-38-36-34-32-30-28-26-23-20-18-16-14-12-10-8-6-4-2/h5-8,11-14,17-20,22,24,27,29,33,35,45,49H,3-4,9-10,15-16,21,23,25-26,28,30-32,34,36-44H2,1-2H3,(H,48,50)(H,52,53)/b7-5-,8-6-,13-11-,14-12-,19-17-,20-18-,24-22-,29-27-,35-33-. The zero-order valence-electron chi connectivity index (χ0n) is 35.2. The molecule has 57 heavy (non-hydrogen) atoms. The molecule has 3 N–H and O–H groups in total. The highest BCUT2D eigenvalue weighted by Gasteiger charge is 2.23. The highest BCUT2D eigenvalue weighted by molar-refractivity contribution is 7.47. The molecule has 0 radical (unpaired) electrons. The first kappa shape index (κ1) is 53.7. The number of aliphatic hydroxyl groups excluding tert-OH is 1. The first-order valence-electron chi connectivity index (χ1n) is 21.4. The van der Waals surface area contributed by atoms with E-state index in [4.69, 9.17) is 13.8 Å². The van der Waals surface area contributed by atoms with E-state index in [2.05, 4.69) is 116 Å². The van der Waals surface area contributed by atoms with Gasteiger partial charge in [-0.3, -0.25) is 18.6 Å². The van der Waals surface area contributed by atoms with Gasteiger partial charge in [0, 0.05) is 19.4 Å². The average Bonchev–Trinajstić information content (AvgIpc) is 3.20. The van der Waals surface area contributed by atoms with Crippen LogP contribution in [0.15, 0.2) is 109 Å². The molecule has 2 unspecified atom stereocenters. The highest BCUT2D eigenvalue weighted by Crippen LogP contribution is 2.42. The SMILES string of the molecule is CC/C=C\C/C=C\C/C=C\C/C=C\C/C=C\C/C=C\CCC(=O)NCCOP(=O)(O)OCC(O)COC(=O)CCCCCCCCC/C=C\C/C=C\C/C=C\CC. The molecular weight excluding hydrogens is 737 g/mol. The Bertz CT molecular complexity index is 1290. The predicted molar refractivity (Wildman–Crippen MR) is 238 cm³/mol. The number of hydrogen-bond donors (Lipinski definition) is 3. The van der Waals surface area contributed by atoms with Crippen LogP contribution in [0.2, 0.25) is 0 Å². The van der Waals surface area contributed by atoms with Crippen molar-refractivity contribution in [3.8, 4) is 0 Å². The van der Waals surface area contributed by atoms with Crippen molar-refractivity contribution in [3.05, 3.63) is 109 Å². The van der Waals surface area contributed by atoms with Gasteiger partial charge in [0.05, 0.1) is 13.2 Å². The lowest BCUT2D eigenvalue weighted by Gasteiger charge is -2.15. The average molecular weight is 814 g/mol. The lowest BCUT2D eigenvalue weighted by molar-refractivity contribution is -0.147. The lowest BCUT2D eigenvalue weighted by atomic mass is 10.1. The Balaban J connectivity index is 3.75. The summed E-state index contributed by atoms with van der Waals surface area (Å²) in [6, 6.07) is 0. The van der Waals surface area contributed by atoms with Crippen molar-refractivity contribution in [2.75, 3.05) is 26.4 Å². The van der Waals surface area contributed by atoms with E-state index in [1.165, 1.54) is 19.3 Å². The van der Waals surface area contributed by atoms with Crippen molar-refractivity contribution >= 4 is 19.7 Å². The van der Waals surface area contributed by atoms with Crippen molar-refractivity contribution in [2.45, 2.75) is 148 Å². The molecule has 0 spiro atoms. The lowest BCUT2D eigenvalue weighted by Crippen LogP contribution is -2.27. The van der Waals surface area contributed by atoms with Crippen molar-refractivity contribution < 1.29 is 37.9 Å². The molecule has 9 nitrogen and oxygen atoms in total. The third kappa shape index (κ3) is 43.6. The van der Waals surface area contributed by atoms with Gasteiger partial charge < -0.3 is 20.1 Å². The van der Waals surface area contributed by atoms with Crippen LogP contribution in [-0.4, -0.2) is 54.3 Å². The maximum absolute atomic E-state index is 12.1. The molecule has 0 bridgehead atoms. The Morgan fingerprint density at radius 2 is 0.965 bits per heavy atom. The van der Waals surface area contributed by atoms with Gasteiger partial charge in [-0.1, -0.05) is 155 Å². The van der Waals surface area contributed by atoms with Gasteiger partial charge in [0.25, 0.3) is 0 Å². The Hall–Kier alpha value is -3.33. The Morgan fingerprint density at radius 1 is 0.544 bits per heavy atom. The fraction of sp³-hybridized carbons (Fsp3) is 0.574. The maximum Gasteiger partial charge on any atom is 0.472 e. The topological polar surface area (TPSA) is 131 Å². The number of ether oxygens (including phenoxy) is 1. The number of allylic oxidation sites excluding steroid dienone is 18. The molecule has 0 saturated heterocycles. The van der Waals surface area contributed by atoms with E-state index in [1.54, 1.807) is 0 Å². The van der Waals surface area contributed by atoms with Crippen LogP contribution in [0.1, 0.15) is 142 Å². The number of hydrogen-bond acceptors (Lipinski definition) is 7. The fourth-order valence-electron chi connectivity index (χ4n) is 5.06. The van der Waals surface area contributed by atoms with Crippen LogP contribution < -0.4 is 5.32 Å². The van der Waals surface area contributed by atoms with E-state index in [0.717, 1.165) is 83.5 Å². The molecule has 1 amide bonds. The van der Waals surface area contributed by atoms with Crippen LogP contribution in [0, 0.1) is 0 Å². The smallest absolute Gasteiger partial charge is 0.463 e. The number of aliphatic hydroxyl groups is 1. The second-order valence-electron chi connectivity index (χ2n) is 13.5. The van der Waals surface area contributed by atoms with E-state index in [1.807, 2.05) is 12.2 Å². The number of phosphoric ester groups is 1. The number of carbonyl (C=O) groups excluding carboxylic acids is 2. The van der Waals surface area contributed by atoms with Gasteiger partial charge in [-0.05, 0) is 83.5 Å². The summed E-state index contributed by atoms with van der Waals surface area (Å²) in [5, 5.41) is 12.6. The summed E-state index contributed by atoms with van der Waals surface area (Å²) in [4.78, 5) is 33.9. The summed E-state index contributed by atoms with van der Waals surface area (Å²) in [5.41, 5.74) is 0. The van der Waals surface area contributed by atoms with Gasteiger partial charge in [0.2, 0.25) is 5.91 Å². The molecule has 0 fully saturated rings. The first-order valence-corrected chi connectivity index (χ1v) is 22.9. The number of unbranched alkanes of at least 4 members (excludes halogenated alkanes) is 7. The molecule has 0 rings (SSSR count). The minimum Gasteiger partial charge on any atom is -0.463 e. The molecule has 0 aliphatic rings. The summed E-state index contributed by atoms with van der Waals surface area (Å²) < 4.78 is 26.8. The molecule has 10 heteroatoms.